The standard InChI is InChI=1S/C12H18N4S2/c1-12(2)8-16-9(7-18-11(16)14-12)6-17-10-13-4-5-15(10)3/h7H,4-6,8H2,1-3H3. The predicted octanol–water partition coefficient (Wildman–Crippen LogP) is 2.06. The molecule has 0 unspecified atom stereocenters. The van der Waals surface area contributed by atoms with Crippen molar-refractivity contribution in [3.05, 3.63) is 11.1 Å². The van der Waals surface area contributed by atoms with E-state index in [1.54, 1.807) is 11.8 Å². The van der Waals surface area contributed by atoms with Crippen molar-refractivity contribution >= 4 is 33.9 Å². The Balaban J connectivity index is 1.61. The number of fused-ring (bicyclic) bond motifs is 1. The molecular formula is C12H18N4S2. The van der Waals surface area contributed by atoms with E-state index >= 15 is 0 Å². The number of hydrogen-bond acceptors (Lipinski definition) is 6. The summed E-state index contributed by atoms with van der Waals surface area (Å²) in [5.41, 5.74) is 1.44. The van der Waals surface area contributed by atoms with Crippen LogP contribution in [0.25, 0.3) is 0 Å². The SMILES string of the molecule is CN1CCN=C1SCC1=CSC2=NC(C)(C)CN12. The van der Waals surface area contributed by atoms with E-state index in [1.807, 2.05) is 11.8 Å². The molecule has 0 spiro atoms. The third kappa shape index (κ3) is 2.28. The average Bonchev–Trinajstić information content (AvgIpc) is 2.91. The highest BCUT2D eigenvalue weighted by molar-refractivity contribution is 8.17. The van der Waals surface area contributed by atoms with E-state index in [4.69, 9.17) is 4.99 Å². The van der Waals surface area contributed by atoms with Gasteiger partial charge in [0.05, 0.1) is 12.1 Å². The molecule has 6 heteroatoms. The molecule has 0 radical (unpaired) electrons. The van der Waals surface area contributed by atoms with Crippen LogP contribution < -0.4 is 0 Å². The highest BCUT2D eigenvalue weighted by Gasteiger charge is 2.36. The van der Waals surface area contributed by atoms with Gasteiger partial charge >= 0.3 is 0 Å². The minimum absolute atomic E-state index is 0.0637. The molecule has 3 aliphatic rings. The Morgan fingerprint density at radius 3 is 3.06 bits per heavy atom. The molecular weight excluding hydrogens is 264 g/mol. The average molecular weight is 282 g/mol. The van der Waals surface area contributed by atoms with Gasteiger partial charge in [0.1, 0.15) is 0 Å². The van der Waals surface area contributed by atoms with Gasteiger partial charge in [0.2, 0.25) is 0 Å². The molecule has 3 heterocycles. The summed E-state index contributed by atoms with van der Waals surface area (Å²) in [7, 11) is 2.11. The lowest BCUT2D eigenvalue weighted by Gasteiger charge is -2.21. The Kier molecular flexibility index (Phi) is 3.10. The lowest BCUT2D eigenvalue weighted by molar-refractivity contribution is 0.436. The van der Waals surface area contributed by atoms with Crippen molar-refractivity contribution in [2.75, 3.05) is 32.4 Å². The van der Waals surface area contributed by atoms with E-state index in [2.05, 4.69) is 41.1 Å². The summed E-state index contributed by atoms with van der Waals surface area (Å²) < 4.78 is 0. The van der Waals surface area contributed by atoms with Crippen LogP contribution in [0.5, 0.6) is 0 Å². The molecule has 0 atom stereocenters. The molecule has 0 aromatic rings. The fourth-order valence-electron chi connectivity index (χ4n) is 2.23. The van der Waals surface area contributed by atoms with Crippen LogP contribution in [0.3, 0.4) is 0 Å². The number of thioether (sulfide) groups is 2. The Morgan fingerprint density at radius 2 is 2.33 bits per heavy atom. The zero-order valence-electron chi connectivity index (χ0n) is 11.0. The molecule has 18 heavy (non-hydrogen) atoms. The van der Waals surface area contributed by atoms with Gasteiger partial charge in [-0.25, -0.2) is 0 Å². The van der Waals surface area contributed by atoms with Crippen molar-refractivity contribution in [3.63, 3.8) is 0 Å². The second kappa shape index (κ2) is 4.49. The van der Waals surface area contributed by atoms with Crippen LogP contribution in [0, 0.1) is 0 Å². The minimum atomic E-state index is 0.0637. The molecule has 3 rings (SSSR count). The zero-order chi connectivity index (χ0) is 12.8. The molecule has 3 aliphatic heterocycles. The Morgan fingerprint density at radius 1 is 1.50 bits per heavy atom. The van der Waals surface area contributed by atoms with Gasteiger partial charge in [-0.1, -0.05) is 23.5 Å². The highest BCUT2D eigenvalue weighted by atomic mass is 32.2. The van der Waals surface area contributed by atoms with Gasteiger partial charge in [-0.15, -0.1) is 0 Å². The molecule has 4 nitrogen and oxygen atoms in total. The van der Waals surface area contributed by atoms with Gasteiger partial charge < -0.3 is 9.80 Å². The lowest BCUT2D eigenvalue weighted by atomic mass is 10.1. The summed E-state index contributed by atoms with van der Waals surface area (Å²) in [4.78, 5) is 13.8. The Labute approximate surface area is 117 Å². The van der Waals surface area contributed by atoms with Crippen LogP contribution in [-0.2, 0) is 0 Å². The number of hydrogen-bond donors (Lipinski definition) is 0. The molecule has 0 saturated carbocycles. The highest BCUT2D eigenvalue weighted by Crippen LogP contribution is 2.36. The van der Waals surface area contributed by atoms with Gasteiger partial charge in [-0.2, -0.15) is 0 Å². The number of amidine groups is 2. The third-order valence-electron chi connectivity index (χ3n) is 3.18. The monoisotopic (exact) mass is 282 g/mol. The molecule has 0 fully saturated rings. The molecule has 0 aliphatic carbocycles. The summed E-state index contributed by atoms with van der Waals surface area (Å²) in [6.45, 7) is 7.39. The topological polar surface area (TPSA) is 31.2 Å². The summed E-state index contributed by atoms with van der Waals surface area (Å²) in [5.74, 6) is 0.991. The number of likely N-dealkylation sites (N-methyl/N-ethyl adjacent to an activating group) is 1. The van der Waals surface area contributed by atoms with Gasteiger partial charge in [0, 0.05) is 31.6 Å². The normalized spacial score (nSPS) is 25.2. The number of rotatable bonds is 2. The smallest absolute Gasteiger partial charge is 0.168 e. The van der Waals surface area contributed by atoms with Crippen molar-refractivity contribution < 1.29 is 0 Å². The molecule has 98 valence electrons. The maximum atomic E-state index is 4.73. The summed E-state index contributed by atoms with van der Waals surface area (Å²) in [5, 5.41) is 4.57. The number of nitrogens with zero attached hydrogens (tertiary/aromatic N) is 4. The van der Waals surface area contributed by atoms with Crippen molar-refractivity contribution in [2.45, 2.75) is 19.4 Å². The Bertz CT molecular complexity index is 453. The predicted molar refractivity (Wildman–Crippen MR) is 81.3 cm³/mol. The Hall–Kier alpha value is -0.620. The fraction of sp³-hybridized carbons (Fsp3) is 0.667. The third-order valence-corrected chi connectivity index (χ3v) is 5.23. The number of aliphatic imine (C=N–C) groups is 2. The van der Waals surface area contributed by atoms with Crippen LogP contribution >= 0.6 is 23.5 Å². The fourth-order valence-corrected chi connectivity index (χ4v) is 4.40. The van der Waals surface area contributed by atoms with E-state index in [9.17, 15) is 0 Å². The van der Waals surface area contributed by atoms with Gasteiger partial charge in [0.15, 0.2) is 10.3 Å². The van der Waals surface area contributed by atoms with E-state index in [1.165, 1.54) is 10.9 Å². The second-order valence-electron chi connectivity index (χ2n) is 5.39. The first-order valence-electron chi connectivity index (χ1n) is 6.17. The van der Waals surface area contributed by atoms with Crippen molar-refractivity contribution in [2.24, 2.45) is 9.98 Å². The van der Waals surface area contributed by atoms with Crippen molar-refractivity contribution in [3.8, 4) is 0 Å². The molecule has 0 N–H and O–H groups in total. The summed E-state index contributed by atoms with van der Waals surface area (Å²) in [6, 6.07) is 0. The first-order chi connectivity index (χ1) is 8.55. The van der Waals surface area contributed by atoms with E-state index < -0.39 is 0 Å². The second-order valence-corrected chi connectivity index (χ2v) is 7.17. The van der Waals surface area contributed by atoms with E-state index in [0.717, 1.165) is 30.6 Å². The van der Waals surface area contributed by atoms with Gasteiger partial charge in [-0.05, 0) is 19.3 Å². The summed E-state index contributed by atoms with van der Waals surface area (Å²) in [6.07, 6.45) is 0. The van der Waals surface area contributed by atoms with Crippen LogP contribution in [0.1, 0.15) is 13.8 Å². The summed E-state index contributed by atoms with van der Waals surface area (Å²) >= 11 is 3.59. The lowest BCUT2D eigenvalue weighted by Crippen LogP contribution is -2.30. The molecule has 0 aromatic carbocycles. The maximum absolute atomic E-state index is 4.73. The van der Waals surface area contributed by atoms with Crippen molar-refractivity contribution in [1.82, 2.24) is 9.80 Å². The molecule has 0 bridgehead atoms. The van der Waals surface area contributed by atoms with Crippen molar-refractivity contribution in [1.29, 1.82) is 0 Å². The first kappa shape index (κ1) is 12.4. The molecule has 0 saturated heterocycles. The van der Waals surface area contributed by atoms with Crippen LogP contribution in [0.15, 0.2) is 21.1 Å². The quantitative estimate of drug-likeness (QED) is 0.776. The van der Waals surface area contributed by atoms with Crippen LogP contribution in [-0.4, -0.2) is 58.1 Å². The largest absolute Gasteiger partial charge is 0.353 e. The zero-order valence-corrected chi connectivity index (χ0v) is 12.6. The maximum Gasteiger partial charge on any atom is 0.168 e. The van der Waals surface area contributed by atoms with E-state index in [0.29, 0.717) is 0 Å². The first-order valence-corrected chi connectivity index (χ1v) is 8.03. The van der Waals surface area contributed by atoms with E-state index in [-0.39, 0.29) is 5.54 Å². The molecule has 0 aromatic heterocycles. The molecule has 0 amide bonds. The van der Waals surface area contributed by atoms with Gasteiger partial charge in [0.25, 0.3) is 0 Å². The minimum Gasteiger partial charge on any atom is -0.353 e. The van der Waals surface area contributed by atoms with Gasteiger partial charge in [-0.3, -0.25) is 9.98 Å². The van der Waals surface area contributed by atoms with Crippen LogP contribution in [0.2, 0.25) is 0 Å². The van der Waals surface area contributed by atoms with Crippen LogP contribution in [0.4, 0.5) is 0 Å².